The van der Waals surface area contributed by atoms with Crippen LogP contribution in [-0.2, 0) is 5.41 Å². The van der Waals surface area contributed by atoms with Gasteiger partial charge in [-0.15, -0.1) is 0 Å². The maximum Gasteiger partial charge on any atom is 0.142 e. The summed E-state index contributed by atoms with van der Waals surface area (Å²) in [4.78, 5) is 2.38. The molecule has 0 radical (unpaired) electrons. The molecular weight excluding hydrogens is 337 g/mol. The molecule has 5 heteroatoms. The molecule has 1 aliphatic rings. The molecule has 4 rings (SSSR count). The van der Waals surface area contributed by atoms with Crippen LogP contribution in [0.4, 0.5) is 10.1 Å². The first kappa shape index (κ1) is 16.2. The Kier molecular flexibility index (Phi) is 4.22. The predicted molar refractivity (Wildman–Crippen MR) is 98.7 cm³/mol. The van der Waals surface area contributed by atoms with Gasteiger partial charge in [-0.05, 0) is 42.7 Å². The molecule has 2 heterocycles. The number of piperidine rings is 1. The predicted octanol–water partition coefficient (Wildman–Crippen LogP) is 4.79. The summed E-state index contributed by atoms with van der Waals surface area (Å²) in [5, 5.41) is 7.19. The lowest BCUT2D eigenvalue weighted by molar-refractivity contribution is 0.391. The Morgan fingerprint density at radius 1 is 1.04 bits per heavy atom. The number of benzene rings is 2. The lowest BCUT2D eigenvalue weighted by Crippen LogP contribution is -2.43. The molecule has 3 aromatic rings. The Balaban J connectivity index is 1.68. The highest BCUT2D eigenvalue weighted by molar-refractivity contribution is 6.30. The van der Waals surface area contributed by atoms with Crippen LogP contribution in [0.3, 0.4) is 0 Å². The van der Waals surface area contributed by atoms with Crippen molar-refractivity contribution >= 4 is 17.3 Å². The molecule has 0 saturated carbocycles. The summed E-state index contributed by atoms with van der Waals surface area (Å²) in [6.45, 7) is 1.80. The second kappa shape index (κ2) is 6.52. The highest BCUT2D eigenvalue weighted by Gasteiger charge is 2.39. The van der Waals surface area contributed by atoms with E-state index >= 15 is 0 Å². The quantitative estimate of drug-likeness (QED) is 0.732. The summed E-state index contributed by atoms with van der Waals surface area (Å²) in [6, 6.07) is 15.6. The number of aromatic nitrogens is 2. The Bertz CT molecular complexity index is 841. The van der Waals surface area contributed by atoms with Gasteiger partial charge in [0.2, 0.25) is 0 Å². The molecule has 128 valence electrons. The molecule has 0 atom stereocenters. The lowest BCUT2D eigenvalue weighted by Gasteiger charge is -2.43. The molecule has 25 heavy (non-hydrogen) atoms. The number of para-hydroxylation sites is 1. The minimum absolute atomic E-state index is 0.160. The molecular formula is C20H19ClFN3. The van der Waals surface area contributed by atoms with Crippen molar-refractivity contribution in [2.45, 2.75) is 18.3 Å². The third kappa shape index (κ3) is 2.91. The van der Waals surface area contributed by atoms with Crippen molar-refractivity contribution in [1.82, 2.24) is 10.2 Å². The minimum Gasteiger partial charge on any atom is -0.371 e. The zero-order valence-electron chi connectivity index (χ0n) is 13.8. The van der Waals surface area contributed by atoms with E-state index in [2.05, 4.69) is 39.4 Å². The number of aromatic amines is 1. The summed E-state index contributed by atoms with van der Waals surface area (Å²) in [6.07, 6.45) is 5.56. The van der Waals surface area contributed by atoms with Gasteiger partial charge in [0.15, 0.2) is 0 Å². The number of nitrogens with one attached hydrogen (secondary N) is 1. The number of hydrogen-bond acceptors (Lipinski definition) is 2. The van der Waals surface area contributed by atoms with Crippen LogP contribution in [0.25, 0.3) is 0 Å². The molecule has 1 saturated heterocycles. The van der Waals surface area contributed by atoms with Gasteiger partial charge in [0.1, 0.15) is 5.82 Å². The van der Waals surface area contributed by atoms with Gasteiger partial charge in [0, 0.05) is 36.0 Å². The molecule has 1 aromatic heterocycles. The number of anilines is 1. The van der Waals surface area contributed by atoms with Crippen molar-refractivity contribution in [3.63, 3.8) is 0 Å². The van der Waals surface area contributed by atoms with Crippen LogP contribution in [-0.4, -0.2) is 23.3 Å². The van der Waals surface area contributed by atoms with E-state index in [0.29, 0.717) is 0 Å². The number of rotatable bonds is 3. The Morgan fingerprint density at radius 2 is 1.80 bits per heavy atom. The first-order valence-corrected chi connectivity index (χ1v) is 8.82. The fraction of sp³-hybridized carbons (Fsp3) is 0.250. The third-order valence-electron chi connectivity index (χ3n) is 5.26. The zero-order valence-corrected chi connectivity index (χ0v) is 14.5. The van der Waals surface area contributed by atoms with E-state index in [0.717, 1.165) is 37.1 Å². The van der Waals surface area contributed by atoms with Gasteiger partial charge in [0.25, 0.3) is 0 Å². The Morgan fingerprint density at radius 3 is 2.44 bits per heavy atom. The van der Waals surface area contributed by atoms with E-state index in [1.165, 1.54) is 5.69 Å². The fourth-order valence-corrected chi connectivity index (χ4v) is 3.95. The van der Waals surface area contributed by atoms with Crippen molar-refractivity contribution in [2.75, 3.05) is 18.0 Å². The molecule has 0 amide bonds. The molecule has 1 N–H and O–H groups in total. The van der Waals surface area contributed by atoms with Crippen LogP contribution in [0, 0.1) is 5.82 Å². The second-order valence-electron chi connectivity index (χ2n) is 6.52. The van der Waals surface area contributed by atoms with E-state index in [-0.39, 0.29) is 16.3 Å². The van der Waals surface area contributed by atoms with Crippen LogP contribution in [0.15, 0.2) is 60.9 Å². The van der Waals surface area contributed by atoms with Gasteiger partial charge in [-0.25, -0.2) is 4.39 Å². The van der Waals surface area contributed by atoms with Crippen molar-refractivity contribution in [2.24, 2.45) is 0 Å². The van der Waals surface area contributed by atoms with Crippen LogP contribution >= 0.6 is 11.6 Å². The van der Waals surface area contributed by atoms with Gasteiger partial charge in [-0.2, -0.15) is 5.10 Å². The standard InChI is InChI=1S/C20H19ClFN3/c21-18-7-6-15(12-19(18)22)20(16-13-23-24-14-16)8-10-25(11-9-20)17-4-2-1-3-5-17/h1-7,12-14H,8-11H2,(H,23,24). The normalized spacial score (nSPS) is 16.8. The maximum absolute atomic E-state index is 14.1. The lowest BCUT2D eigenvalue weighted by atomic mass is 9.69. The van der Waals surface area contributed by atoms with Crippen molar-refractivity contribution in [3.05, 3.63) is 82.9 Å². The second-order valence-corrected chi connectivity index (χ2v) is 6.93. The van der Waals surface area contributed by atoms with Crippen LogP contribution < -0.4 is 4.90 Å². The number of H-pyrrole nitrogens is 1. The van der Waals surface area contributed by atoms with E-state index in [1.54, 1.807) is 12.1 Å². The molecule has 1 fully saturated rings. The third-order valence-corrected chi connectivity index (χ3v) is 5.57. The van der Waals surface area contributed by atoms with E-state index in [1.807, 2.05) is 24.5 Å². The van der Waals surface area contributed by atoms with Gasteiger partial charge in [-0.1, -0.05) is 35.9 Å². The monoisotopic (exact) mass is 355 g/mol. The average molecular weight is 356 g/mol. The Labute approximate surface area is 151 Å². The summed E-state index contributed by atoms with van der Waals surface area (Å²) < 4.78 is 14.1. The topological polar surface area (TPSA) is 31.9 Å². The summed E-state index contributed by atoms with van der Waals surface area (Å²) in [7, 11) is 0. The van der Waals surface area contributed by atoms with E-state index in [4.69, 9.17) is 11.6 Å². The van der Waals surface area contributed by atoms with Crippen LogP contribution in [0.5, 0.6) is 0 Å². The number of hydrogen-bond donors (Lipinski definition) is 1. The highest BCUT2D eigenvalue weighted by Crippen LogP contribution is 2.42. The van der Waals surface area contributed by atoms with E-state index < -0.39 is 0 Å². The Hall–Kier alpha value is -2.33. The highest BCUT2D eigenvalue weighted by atomic mass is 35.5. The smallest absolute Gasteiger partial charge is 0.142 e. The largest absolute Gasteiger partial charge is 0.371 e. The molecule has 1 aliphatic heterocycles. The van der Waals surface area contributed by atoms with Crippen LogP contribution in [0.2, 0.25) is 5.02 Å². The average Bonchev–Trinajstić information content (AvgIpc) is 3.20. The first-order chi connectivity index (χ1) is 12.2. The van der Waals surface area contributed by atoms with E-state index in [9.17, 15) is 4.39 Å². The van der Waals surface area contributed by atoms with Gasteiger partial charge in [0.05, 0.1) is 11.2 Å². The van der Waals surface area contributed by atoms with Crippen LogP contribution in [0.1, 0.15) is 24.0 Å². The molecule has 2 aromatic carbocycles. The fourth-order valence-electron chi connectivity index (χ4n) is 3.84. The number of nitrogens with zero attached hydrogens (tertiary/aromatic N) is 2. The van der Waals surface area contributed by atoms with Crippen molar-refractivity contribution in [1.29, 1.82) is 0 Å². The molecule has 0 aliphatic carbocycles. The van der Waals surface area contributed by atoms with Gasteiger partial charge < -0.3 is 4.90 Å². The van der Waals surface area contributed by atoms with Gasteiger partial charge in [-0.3, -0.25) is 5.10 Å². The summed E-state index contributed by atoms with van der Waals surface area (Å²) >= 11 is 5.89. The first-order valence-electron chi connectivity index (χ1n) is 8.44. The summed E-state index contributed by atoms with van der Waals surface area (Å²) in [5.74, 6) is -0.368. The molecule has 0 bridgehead atoms. The SMILES string of the molecule is Fc1cc(C2(c3cn[nH]c3)CCN(c3ccccc3)CC2)ccc1Cl. The number of halogens is 2. The van der Waals surface area contributed by atoms with Gasteiger partial charge >= 0.3 is 0 Å². The molecule has 3 nitrogen and oxygen atoms in total. The summed E-state index contributed by atoms with van der Waals surface area (Å²) in [5.41, 5.74) is 3.04. The zero-order chi connectivity index (χ0) is 17.3. The van der Waals surface area contributed by atoms with Crippen molar-refractivity contribution < 1.29 is 4.39 Å². The molecule has 0 spiro atoms. The molecule has 0 unspecified atom stereocenters. The maximum atomic E-state index is 14.1. The minimum atomic E-state index is -0.368. The van der Waals surface area contributed by atoms with Crippen molar-refractivity contribution in [3.8, 4) is 0 Å².